The van der Waals surface area contributed by atoms with Crippen molar-refractivity contribution in [3.05, 3.63) is 7.05 Å². The Balaban J connectivity index is 0.00000121. The van der Waals surface area contributed by atoms with Gasteiger partial charge in [0.15, 0.2) is 0 Å². The van der Waals surface area contributed by atoms with E-state index in [-0.39, 0.29) is 51.4 Å². The van der Waals surface area contributed by atoms with Gasteiger partial charge in [-0.1, -0.05) is 0 Å². The first-order valence-corrected chi connectivity index (χ1v) is 4.38. The Morgan fingerprint density at radius 1 is 1.33 bits per heavy atom. The van der Waals surface area contributed by atoms with Gasteiger partial charge in [0, 0.05) is 6.54 Å². The molecular formula is C9H19KN2. The quantitative estimate of drug-likeness (QED) is 0.373. The van der Waals surface area contributed by atoms with Gasteiger partial charge in [-0.25, -0.2) is 0 Å². The van der Waals surface area contributed by atoms with Gasteiger partial charge >= 0.3 is 51.4 Å². The molecule has 3 heteroatoms. The van der Waals surface area contributed by atoms with Gasteiger partial charge in [-0.2, -0.15) is 0 Å². The molecule has 12 heavy (non-hydrogen) atoms. The van der Waals surface area contributed by atoms with Crippen molar-refractivity contribution in [3.8, 4) is 0 Å². The second-order valence-corrected chi connectivity index (χ2v) is 3.82. The van der Waals surface area contributed by atoms with Crippen molar-refractivity contribution >= 4 is 0 Å². The molecule has 0 atom stereocenters. The molecule has 0 N–H and O–H groups in total. The molecule has 2 nitrogen and oxygen atoms in total. The van der Waals surface area contributed by atoms with Gasteiger partial charge in [-0.3, -0.25) is 7.05 Å². The van der Waals surface area contributed by atoms with Crippen molar-refractivity contribution in [2.45, 2.75) is 12.8 Å². The summed E-state index contributed by atoms with van der Waals surface area (Å²) >= 11 is 0. The predicted molar refractivity (Wildman–Crippen MR) is 48.2 cm³/mol. The average molecular weight is 194 g/mol. The zero-order valence-electron chi connectivity index (χ0n) is 8.71. The van der Waals surface area contributed by atoms with Gasteiger partial charge in [0.1, 0.15) is 0 Å². The standard InChI is InChI=1S/C9H19N2.K/c1-10(2)8-9-4-6-11(3)7-5-9;/h9H,3-8H2,1-2H3;/q-1;+1. The van der Waals surface area contributed by atoms with Gasteiger partial charge in [0.2, 0.25) is 0 Å². The predicted octanol–water partition coefficient (Wildman–Crippen LogP) is -1.94. The Hall–Kier alpha value is 1.56. The van der Waals surface area contributed by atoms with Crippen LogP contribution in [-0.4, -0.2) is 43.5 Å². The molecule has 0 radical (unpaired) electrons. The molecule has 0 amide bonds. The molecule has 1 rings (SSSR count). The fourth-order valence-corrected chi connectivity index (χ4v) is 1.69. The van der Waals surface area contributed by atoms with E-state index >= 15 is 0 Å². The molecule has 66 valence electrons. The average Bonchev–Trinajstić information content (AvgIpc) is 1.93. The van der Waals surface area contributed by atoms with E-state index in [0.29, 0.717) is 0 Å². The molecule has 0 aromatic rings. The van der Waals surface area contributed by atoms with E-state index in [2.05, 4.69) is 30.9 Å². The largest absolute Gasteiger partial charge is 1.00 e. The van der Waals surface area contributed by atoms with Crippen molar-refractivity contribution in [1.82, 2.24) is 9.80 Å². The van der Waals surface area contributed by atoms with Gasteiger partial charge in [0.05, 0.1) is 0 Å². The number of nitrogens with zero attached hydrogens (tertiary/aromatic N) is 2. The molecule has 1 saturated heterocycles. The molecule has 0 unspecified atom stereocenters. The summed E-state index contributed by atoms with van der Waals surface area (Å²) in [5, 5.41) is 0. The Morgan fingerprint density at radius 2 is 1.83 bits per heavy atom. The Morgan fingerprint density at radius 3 is 2.25 bits per heavy atom. The van der Waals surface area contributed by atoms with Gasteiger partial charge in [-0.15, -0.1) is 0 Å². The zero-order valence-corrected chi connectivity index (χ0v) is 11.8. The fraction of sp³-hybridized carbons (Fsp3) is 0.889. The molecule has 1 aliphatic rings. The first-order valence-electron chi connectivity index (χ1n) is 4.38. The van der Waals surface area contributed by atoms with Crippen molar-refractivity contribution in [2.24, 2.45) is 5.92 Å². The van der Waals surface area contributed by atoms with Crippen LogP contribution in [0.3, 0.4) is 0 Å². The second-order valence-electron chi connectivity index (χ2n) is 3.82. The van der Waals surface area contributed by atoms with Crippen LogP contribution < -0.4 is 51.4 Å². The van der Waals surface area contributed by atoms with Crippen LogP contribution in [0.4, 0.5) is 0 Å². The summed E-state index contributed by atoms with van der Waals surface area (Å²) in [4.78, 5) is 4.45. The van der Waals surface area contributed by atoms with E-state index in [4.69, 9.17) is 0 Å². The third-order valence-electron chi connectivity index (χ3n) is 2.33. The number of rotatable bonds is 2. The maximum absolute atomic E-state index is 3.93. The Bertz CT molecular complexity index is 109. The third-order valence-corrected chi connectivity index (χ3v) is 2.33. The van der Waals surface area contributed by atoms with E-state index < -0.39 is 0 Å². The summed E-state index contributed by atoms with van der Waals surface area (Å²) < 4.78 is 0. The van der Waals surface area contributed by atoms with Crippen LogP contribution in [0.15, 0.2) is 0 Å². The zero-order chi connectivity index (χ0) is 8.27. The van der Waals surface area contributed by atoms with Crippen LogP contribution in [0.1, 0.15) is 12.8 Å². The molecule has 0 bridgehead atoms. The van der Waals surface area contributed by atoms with Crippen molar-refractivity contribution in [3.63, 3.8) is 0 Å². The fourth-order valence-electron chi connectivity index (χ4n) is 1.69. The number of likely N-dealkylation sites (tertiary alicyclic amines) is 1. The topological polar surface area (TPSA) is 6.48 Å². The summed E-state index contributed by atoms with van der Waals surface area (Å²) in [5.74, 6) is 0.906. The first kappa shape index (κ1) is 13.6. The van der Waals surface area contributed by atoms with E-state index in [9.17, 15) is 0 Å². The molecule has 1 aliphatic heterocycles. The number of piperidine rings is 1. The van der Waals surface area contributed by atoms with Crippen LogP contribution in [0.5, 0.6) is 0 Å². The molecule has 0 saturated carbocycles. The maximum Gasteiger partial charge on any atom is 1.00 e. The summed E-state index contributed by atoms with van der Waals surface area (Å²) in [6.07, 6.45) is 2.64. The first-order chi connectivity index (χ1) is 5.18. The van der Waals surface area contributed by atoms with Gasteiger partial charge < -0.3 is 9.80 Å². The second kappa shape index (κ2) is 6.93. The molecule has 0 aromatic heterocycles. The van der Waals surface area contributed by atoms with Crippen LogP contribution >= 0.6 is 0 Å². The van der Waals surface area contributed by atoms with Crippen LogP contribution in [0.2, 0.25) is 0 Å². The minimum Gasteiger partial charge on any atom is -0.459 e. The maximum atomic E-state index is 3.93. The number of hydrogen-bond acceptors (Lipinski definition) is 2. The summed E-state index contributed by atoms with van der Waals surface area (Å²) in [6.45, 7) is 3.60. The monoisotopic (exact) mass is 194 g/mol. The van der Waals surface area contributed by atoms with E-state index in [1.54, 1.807) is 0 Å². The smallest absolute Gasteiger partial charge is 0.459 e. The van der Waals surface area contributed by atoms with E-state index in [0.717, 1.165) is 5.92 Å². The summed E-state index contributed by atoms with van der Waals surface area (Å²) in [5.41, 5.74) is 0. The summed E-state index contributed by atoms with van der Waals surface area (Å²) in [6, 6.07) is 0. The normalized spacial score (nSPS) is 21.0. The van der Waals surface area contributed by atoms with Crippen LogP contribution in [-0.2, 0) is 0 Å². The van der Waals surface area contributed by atoms with E-state index in [1.807, 2.05) is 0 Å². The molecule has 1 heterocycles. The van der Waals surface area contributed by atoms with Crippen molar-refractivity contribution in [2.75, 3.05) is 33.7 Å². The molecule has 0 spiro atoms. The summed E-state index contributed by atoms with van der Waals surface area (Å²) in [7, 11) is 8.23. The van der Waals surface area contributed by atoms with Gasteiger partial charge in [0.25, 0.3) is 0 Å². The molecule has 1 fully saturated rings. The van der Waals surface area contributed by atoms with Gasteiger partial charge in [-0.05, 0) is 45.9 Å². The molecule has 0 aliphatic carbocycles. The minimum absolute atomic E-state index is 0. The Labute approximate surface area is 119 Å². The van der Waals surface area contributed by atoms with E-state index in [1.165, 1.54) is 32.5 Å². The third kappa shape index (κ3) is 5.32. The molecular weight excluding hydrogens is 175 g/mol. The number of hydrogen-bond donors (Lipinski definition) is 0. The van der Waals surface area contributed by atoms with Crippen LogP contribution in [0.25, 0.3) is 0 Å². The van der Waals surface area contributed by atoms with Crippen molar-refractivity contribution in [1.29, 1.82) is 0 Å². The molecule has 0 aromatic carbocycles. The minimum atomic E-state index is 0. The SMILES string of the molecule is [CH2-]N1CCC(CN(C)C)CC1.[K+]. The van der Waals surface area contributed by atoms with Crippen LogP contribution in [0, 0.1) is 13.0 Å². The van der Waals surface area contributed by atoms with Crippen molar-refractivity contribution < 1.29 is 51.4 Å². The Kier molecular flexibility index (Phi) is 7.83.